The third-order valence-corrected chi connectivity index (χ3v) is 4.46. The molecule has 2 unspecified atom stereocenters. The summed E-state index contributed by atoms with van der Waals surface area (Å²) in [6, 6.07) is 10.3. The Labute approximate surface area is 125 Å². The molecule has 0 aliphatic heterocycles. The van der Waals surface area contributed by atoms with Crippen molar-refractivity contribution in [3.05, 3.63) is 36.0 Å². The van der Waals surface area contributed by atoms with Gasteiger partial charge in [0.05, 0.1) is 11.6 Å². The molecule has 1 heterocycles. The van der Waals surface area contributed by atoms with Crippen molar-refractivity contribution < 1.29 is 4.74 Å². The minimum atomic E-state index is 0.283. The zero-order valence-corrected chi connectivity index (χ0v) is 12.6. The molecule has 0 bridgehead atoms. The van der Waals surface area contributed by atoms with Crippen molar-refractivity contribution in [2.24, 2.45) is 5.92 Å². The Balaban J connectivity index is 1.96. The molecule has 2 nitrogen and oxygen atoms in total. The van der Waals surface area contributed by atoms with E-state index in [1.165, 1.54) is 19.3 Å². The van der Waals surface area contributed by atoms with Gasteiger partial charge in [-0.25, -0.2) is 4.98 Å². The molecule has 0 spiro atoms. The van der Waals surface area contributed by atoms with E-state index in [2.05, 4.69) is 24.0 Å². The molecule has 2 aromatic rings. The van der Waals surface area contributed by atoms with Crippen LogP contribution in [-0.4, -0.2) is 11.1 Å². The van der Waals surface area contributed by atoms with E-state index >= 15 is 0 Å². The number of alkyl halides is 1. The average Bonchev–Trinajstić information content (AvgIpc) is 2.49. The summed E-state index contributed by atoms with van der Waals surface area (Å²) in [5, 5.41) is 2.23. The van der Waals surface area contributed by atoms with Gasteiger partial charge < -0.3 is 4.74 Å². The summed E-state index contributed by atoms with van der Waals surface area (Å²) < 4.78 is 6.25. The Kier molecular flexibility index (Phi) is 4.11. The van der Waals surface area contributed by atoms with E-state index in [0.29, 0.717) is 11.8 Å². The summed E-state index contributed by atoms with van der Waals surface area (Å²) >= 11 is 5.95. The highest BCUT2D eigenvalue weighted by atomic mass is 35.5. The second-order valence-electron chi connectivity index (χ2n) is 5.69. The van der Waals surface area contributed by atoms with Gasteiger partial charge in [0.15, 0.2) is 0 Å². The van der Waals surface area contributed by atoms with Crippen LogP contribution in [0.1, 0.15) is 38.3 Å². The van der Waals surface area contributed by atoms with Crippen LogP contribution in [-0.2, 0) is 5.88 Å². The molecule has 0 amide bonds. The van der Waals surface area contributed by atoms with E-state index in [9.17, 15) is 0 Å². The van der Waals surface area contributed by atoms with Crippen LogP contribution in [0.15, 0.2) is 30.3 Å². The van der Waals surface area contributed by atoms with Gasteiger partial charge in [-0.15, -0.1) is 11.6 Å². The Morgan fingerprint density at radius 3 is 2.85 bits per heavy atom. The number of benzene rings is 1. The Hall–Kier alpha value is -1.28. The summed E-state index contributed by atoms with van der Waals surface area (Å²) in [5.41, 5.74) is 0.879. The number of rotatable bonds is 3. The van der Waals surface area contributed by atoms with Crippen molar-refractivity contribution in [2.75, 3.05) is 0 Å². The number of aromatic nitrogens is 1. The Morgan fingerprint density at radius 2 is 2.05 bits per heavy atom. The lowest BCUT2D eigenvalue weighted by Gasteiger charge is -2.29. The normalized spacial score (nSPS) is 22.9. The maximum atomic E-state index is 6.25. The van der Waals surface area contributed by atoms with Gasteiger partial charge in [-0.2, -0.15) is 0 Å². The molecular weight excluding hydrogens is 270 g/mol. The van der Waals surface area contributed by atoms with Crippen molar-refractivity contribution in [3.63, 3.8) is 0 Å². The smallest absolute Gasteiger partial charge is 0.221 e. The van der Waals surface area contributed by atoms with Crippen LogP contribution in [0.4, 0.5) is 0 Å². The van der Waals surface area contributed by atoms with E-state index in [-0.39, 0.29) is 6.10 Å². The van der Waals surface area contributed by atoms with Crippen LogP contribution in [0.2, 0.25) is 0 Å². The predicted molar refractivity (Wildman–Crippen MR) is 83.3 cm³/mol. The molecule has 1 saturated carbocycles. The van der Waals surface area contributed by atoms with Gasteiger partial charge in [0.2, 0.25) is 5.88 Å². The lowest BCUT2D eigenvalue weighted by atomic mass is 9.88. The second-order valence-corrected chi connectivity index (χ2v) is 5.96. The van der Waals surface area contributed by atoms with Crippen LogP contribution >= 0.6 is 11.6 Å². The van der Waals surface area contributed by atoms with Gasteiger partial charge in [0.25, 0.3) is 0 Å². The number of fused-ring (bicyclic) bond motifs is 1. The number of halogens is 1. The summed E-state index contributed by atoms with van der Waals surface area (Å²) in [6.07, 6.45) is 5.23. The fourth-order valence-corrected chi connectivity index (χ4v) is 3.12. The van der Waals surface area contributed by atoms with E-state index in [1.54, 1.807) is 0 Å². The lowest BCUT2D eigenvalue weighted by Crippen LogP contribution is -2.28. The molecule has 20 heavy (non-hydrogen) atoms. The van der Waals surface area contributed by atoms with Gasteiger partial charge in [-0.3, -0.25) is 0 Å². The van der Waals surface area contributed by atoms with Gasteiger partial charge in [-0.05, 0) is 42.7 Å². The maximum absolute atomic E-state index is 6.25. The van der Waals surface area contributed by atoms with Crippen LogP contribution in [0, 0.1) is 5.92 Å². The first-order valence-corrected chi connectivity index (χ1v) is 7.92. The minimum Gasteiger partial charge on any atom is -0.474 e. The number of pyridine rings is 1. The number of nitrogens with zero attached hydrogens (tertiary/aromatic N) is 1. The highest BCUT2D eigenvalue weighted by Gasteiger charge is 2.24. The predicted octanol–water partition coefficient (Wildman–Crippen LogP) is 4.93. The molecule has 0 saturated heterocycles. The SMILES string of the molecule is CC1CCCCC1Oc1nc(CCl)cc2ccccc12. The quantitative estimate of drug-likeness (QED) is 0.747. The zero-order valence-electron chi connectivity index (χ0n) is 11.8. The van der Waals surface area contributed by atoms with Crippen molar-refractivity contribution in [1.82, 2.24) is 4.98 Å². The largest absolute Gasteiger partial charge is 0.474 e. The van der Waals surface area contributed by atoms with Crippen molar-refractivity contribution >= 4 is 22.4 Å². The van der Waals surface area contributed by atoms with E-state index in [0.717, 1.165) is 28.8 Å². The van der Waals surface area contributed by atoms with Crippen LogP contribution < -0.4 is 4.74 Å². The molecule has 1 aromatic heterocycles. The molecule has 1 fully saturated rings. The first kappa shape index (κ1) is 13.7. The molecule has 2 atom stereocenters. The Morgan fingerprint density at radius 1 is 1.25 bits per heavy atom. The van der Waals surface area contributed by atoms with Crippen LogP contribution in [0.5, 0.6) is 5.88 Å². The number of ether oxygens (including phenoxy) is 1. The second kappa shape index (κ2) is 6.01. The molecule has 0 radical (unpaired) electrons. The summed E-state index contributed by atoms with van der Waals surface area (Å²) in [7, 11) is 0. The van der Waals surface area contributed by atoms with E-state index in [1.807, 2.05) is 18.2 Å². The standard InChI is InChI=1S/C17H20ClNO/c1-12-6-2-5-9-16(12)20-17-15-8-4-3-7-13(15)10-14(11-18)19-17/h3-4,7-8,10,12,16H,2,5-6,9,11H2,1H3. The van der Waals surface area contributed by atoms with Crippen molar-refractivity contribution in [1.29, 1.82) is 0 Å². The van der Waals surface area contributed by atoms with Crippen LogP contribution in [0.3, 0.4) is 0 Å². The molecule has 0 N–H and O–H groups in total. The first-order chi connectivity index (χ1) is 9.78. The molecular formula is C17H20ClNO. The zero-order chi connectivity index (χ0) is 13.9. The van der Waals surface area contributed by atoms with E-state index < -0.39 is 0 Å². The maximum Gasteiger partial charge on any atom is 0.221 e. The van der Waals surface area contributed by atoms with Crippen LogP contribution in [0.25, 0.3) is 10.8 Å². The highest BCUT2D eigenvalue weighted by molar-refractivity contribution is 6.17. The molecule has 1 aliphatic carbocycles. The van der Waals surface area contributed by atoms with Gasteiger partial charge >= 0.3 is 0 Å². The summed E-state index contributed by atoms with van der Waals surface area (Å²) in [6.45, 7) is 2.28. The first-order valence-electron chi connectivity index (χ1n) is 7.39. The fraction of sp³-hybridized carbons (Fsp3) is 0.471. The fourth-order valence-electron chi connectivity index (χ4n) is 2.98. The molecule has 106 valence electrons. The minimum absolute atomic E-state index is 0.283. The van der Waals surface area contributed by atoms with Gasteiger partial charge in [-0.1, -0.05) is 31.5 Å². The Bertz CT molecular complexity index is 599. The summed E-state index contributed by atoms with van der Waals surface area (Å²) in [4.78, 5) is 4.59. The number of hydrogen-bond donors (Lipinski definition) is 0. The third-order valence-electron chi connectivity index (χ3n) is 4.19. The third kappa shape index (κ3) is 2.76. The molecule has 3 heteroatoms. The van der Waals surface area contributed by atoms with Crippen molar-refractivity contribution in [3.8, 4) is 5.88 Å². The molecule has 3 rings (SSSR count). The average molecular weight is 290 g/mol. The summed E-state index contributed by atoms with van der Waals surface area (Å²) in [5.74, 6) is 1.77. The molecule has 1 aliphatic rings. The topological polar surface area (TPSA) is 22.1 Å². The monoisotopic (exact) mass is 289 g/mol. The molecule has 1 aromatic carbocycles. The highest BCUT2D eigenvalue weighted by Crippen LogP contribution is 2.31. The number of hydrogen-bond acceptors (Lipinski definition) is 2. The van der Waals surface area contributed by atoms with Gasteiger partial charge in [0, 0.05) is 5.39 Å². The lowest BCUT2D eigenvalue weighted by molar-refractivity contribution is 0.0992. The van der Waals surface area contributed by atoms with Gasteiger partial charge in [0.1, 0.15) is 6.10 Å². The van der Waals surface area contributed by atoms with E-state index in [4.69, 9.17) is 16.3 Å². The van der Waals surface area contributed by atoms with Crippen molar-refractivity contribution in [2.45, 2.75) is 44.6 Å².